The fourth-order valence-corrected chi connectivity index (χ4v) is 2.97. The number of rotatable bonds is 3. The SMILES string of the molecule is CN1C(=O)[C@@H](NC(=O)c2ncc(F)c(-c3ccc(F)cc3)n2)COc2cc(F)cnc21. The highest BCUT2D eigenvalue weighted by atomic mass is 19.1. The van der Waals surface area contributed by atoms with Gasteiger partial charge in [0.1, 0.15) is 30.0 Å². The van der Waals surface area contributed by atoms with Crippen LogP contribution in [0.4, 0.5) is 19.0 Å². The third-order valence-corrected chi connectivity index (χ3v) is 4.52. The molecule has 2 aromatic heterocycles. The molecule has 4 rings (SSSR count). The van der Waals surface area contributed by atoms with Gasteiger partial charge in [-0.25, -0.2) is 28.1 Å². The van der Waals surface area contributed by atoms with Crippen LogP contribution in [0.2, 0.25) is 0 Å². The number of nitrogens with zero attached hydrogens (tertiary/aromatic N) is 4. The lowest BCUT2D eigenvalue weighted by atomic mass is 10.1. The van der Waals surface area contributed by atoms with Gasteiger partial charge in [-0.1, -0.05) is 0 Å². The Kier molecular flexibility index (Phi) is 5.24. The monoisotopic (exact) mass is 429 g/mol. The maximum atomic E-state index is 14.2. The van der Waals surface area contributed by atoms with Crippen molar-refractivity contribution in [3.8, 4) is 17.0 Å². The van der Waals surface area contributed by atoms with Gasteiger partial charge in [-0.15, -0.1) is 0 Å². The minimum absolute atomic E-state index is 0.0456. The second kappa shape index (κ2) is 8.01. The van der Waals surface area contributed by atoms with Gasteiger partial charge < -0.3 is 10.1 Å². The second-order valence-electron chi connectivity index (χ2n) is 6.61. The highest BCUT2D eigenvalue weighted by molar-refractivity contribution is 6.01. The van der Waals surface area contributed by atoms with E-state index in [1.807, 2.05) is 0 Å². The van der Waals surface area contributed by atoms with Crippen LogP contribution in [0.3, 0.4) is 0 Å². The first kappa shape index (κ1) is 20.3. The van der Waals surface area contributed by atoms with Crippen LogP contribution in [0, 0.1) is 17.5 Å². The van der Waals surface area contributed by atoms with Gasteiger partial charge in [-0.05, 0) is 24.3 Å². The Hall–Kier alpha value is -4.02. The van der Waals surface area contributed by atoms with Crippen molar-refractivity contribution in [2.45, 2.75) is 6.04 Å². The van der Waals surface area contributed by atoms with Crippen molar-refractivity contribution in [2.24, 2.45) is 0 Å². The number of aromatic nitrogens is 3. The number of hydrogen-bond acceptors (Lipinski definition) is 6. The van der Waals surface area contributed by atoms with Gasteiger partial charge in [0.15, 0.2) is 17.4 Å². The Labute approximate surface area is 173 Å². The molecule has 0 unspecified atom stereocenters. The molecule has 8 nitrogen and oxygen atoms in total. The summed E-state index contributed by atoms with van der Waals surface area (Å²) in [6.45, 7) is -0.293. The first-order valence-electron chi connectivity index (χ1n) is 8.98. The number of benzene rings is 1. The van der Waals surface area contributed by atoms with Crippen molar-refractivity contribution in [1.29, 1.82) is 0 Å². The van der Waals surface area contributed by atoms with E-state index in [-0.39, 0.29) is 29.4 Å². The van der Waals surface area contributed by atoms with E-state index in [1.54, 1.807) is 0 Å². The molecule has 0 aliphatic carbocycles. The number of likely N-dealkylation sites (N-methyl/N-ethyl adjacent to an activating group) is 1. The number of ether oxygens (including phenoxy) is 1. The molecule has 3 heterocycles. The number of fused-ring (bicyclic) bond motifs is 1. The van der Waals surface area contributed by atoms with Crippen LogP contribution < -0.4 is 15.0 Å². The fourth-order valence-electron chi connectivity index (χ4n) is 2.97. The van der Waals surface area contributed by atoms with E-state index in [9.17, 15) is 22.8 Å². The standard InChI is InChI=1S/C20H14F3N5O3/c1-28-18-15(6-12(22)7-25-18)31-9-14(20(28)30)26-19(29)17-24-8-13(23)16(27-17)10-2-4-11(21)5-3-10/h2-8,14H,9H2,1H3,(H,26,29)/t14-/m0/s1. The number of pyridine rings is 1. The number of carbonyl (C=O) groups excluding carboxylic acids is 2. The van der Waals surface area contributed by atoms with E-state index >= 15 is 0 Å². The summed E-state index contributed by atoms with van der Waals surface area (Å²) in [5.41, 5.74) is 0.0419. The predicted molar refractivity (Wildman–Crippen MR) is 102 cm³/mol. The molecule has 0 saturated heterocycles. The molecule has 1 atom stereocenters. The van der Waals surface area contributed by atoms with Gasteiger partial charge in [0.25, 0.3) is 11.8 Å². The topological polar surface area (TPSA) is 97.3 Å². The lowest BCUT2D eigenvalue weighted by Crippen LogP contribution is -2.49. The molecule has 2 amide bonds. The summed E-state index contributed by atoms with van der Waals surface area (Å²) in [6, 6.07) is 4.80. The van der Waals surface area contributed by atoms with Crippen molar-refractivity contribution >= 4 is 17.6 Å². The molecule has 0 fully saturated rings. The lowest BCUT2D eigenvalue weighted by molar-refractivity contribution is -0.120. The second-order valence-corrected chi connectivity index (χ2v) is 6.61. The molecule has 1 aromatic carbocycles. The van der Waals surface area contributed by atoms with Gasteiger partial charge in [0, 0.05) is 18.7 Å². The van der Waals surface area contributed by atoms with E-state index in [4.69, 9.17) is 4.74 Å². The Morgan fingerprint density at radius 3 is 2.61 bits per heavy atom. The molecule has 11 heteroatoms. The summed E-state index contributed by atoms with van der Waals surface area (Å²) in [7, 11) is 1.40. The Morgan fingerprint density at radius 1 is 1.13 bits per heavy atom. The van der Waals surface area contributed by atoms with E-state index in [1.165, 1.54) is 19.2 Å². The zero-order valence-electron chi connectivity index (χ0n) is 16.0. The molecular formula is C20H14F3N5O3. The summed E-state index contributed by atoms with van der Waals surface area (Å²) >= 11 is 0. The van der Waals surface area contributed by atoms with Crippen LogP contribution in [0.5, 0.6) is 5.75 Å². The van der Waals surface area contributed by atoms with Crippen LogP contribution in [0.15, 0.2) is 42.7 Å². The lowest BCUT2D eigenvalue weighted by Gasteiger charge is -2.19. The molecule has 1 aliphatic rings. The average Bonchev–Trinajstić information content (AvgIpc) is 2.86. The number of halogens is 3. The summed E-state index contributed by atoms with van der Waals surface area (Å²) in [6.07, 6.45) is 1.74. The van der Waals surface area contributed by atoms with Gasteiger partial charge in [-0.2, -0.15) is 0 Å². The van der Waals surface area contributed by atoms with Gasteiger partial charge in [-0.3, -0.25) is 14.5 Å². The van der Waals surface area contributed by atoms with Gasteiger partial charge in [0.2, 0.25) is 5.82 Å². The zero-order chi connectivity index (χ0) is 22.1. The number of carbonyl (C=O) groups is 2. The first-order valence-corrected chi connectivity index (χ1v) is 8.98. The van der Waals surface area contributed by atoms with Crippen molar-refractivity contribution in [2.75, 3.05) is 18.6 Å². The number of anilines is 1. The maximum absolute atomic E-state index is 14.2. The maximum Gasteiger partial charge on any atom is 0.289 e. The summed E-state index contributed by atoms with van der Waals surface area (Å²) < 4.78 is 46.1. The Morgan fingerprint density at radius 2 is 1.87 bits per heavy atom. The van der Waals surface area contributed by atoms with Crippen LogP contribution in [0.1, 0.15) is 10.6 Å². The highest BCUT2D eigenvalue weighted by Crippen LogP contribution is 2.28. The van der Waals surface area contributed by atoms with Crippen LogP contribution in [-0.4, -0.2) is 46.5 Å². The minimum atomic E-state index is -1.15. The molecular weight excluding hydrogens is 415 g/mol. The Balaban J connectivity index is 1.56. The molecule has 0 radical (unpaired) electrons. The summed E-state index contributed by atoms with van der Waals surface area (Å²) in [5, 5.41) is 2.43. The average molecular weight is 429 g/mol. The van der Waals surface area contributed by atoms with Crippen LogP contribution in [0.25, 0.3) is 11.3 Å². The van der Waals surface area contributed by atoms with E-state index in [2.05, 4.69) is 20.3 Å². The number of nitrogens with one attached hydrogen (secondary N) is 1. The van der Waals surface area contributed by atoms with Crippen LogP contribution in [-0.2, 0) is 4.79 Å². The summed E-state index contributed by atoms with van der Waals surface area (Å²) in [5.74, 6) is -3.64. The van der Waals surface area contributed by atoms with Crippen molar-refractivity contribution in [1.82, 2.24) is 20.3 Å². The van der Waals surface area contributed by atoms with Gasteiger partial charge in [0.05, 0.1) is 12.4 Å². The van der Waals surface area contributed by atoms with Crippen molar-refractivity contribution in [3.63, 3.8) is 0 Å². The third kappa shape index (κ3) is 4.02. The predicted octanol–water partition coefficient (Wildman–Crippen LogP) is 2.11. The Bertz CT molecular complexity index is 1170. The molecule has 0 spiro atoms. The molecule has 3 aromatic rings. The number of amides is 2. The fraction of sp³-hybridized carbons (Fsp3) is 0.150. The first-order chi connectivity index (χ1) is 14.8. The molecule has 1 aliphatic heterocycles. The van der Waals surface area contributed by atoms with Crippen molar-refractivity contribution in [3.05, 3.63) is 66.0 Å². The normalized spacial score (nSPS) is 15.7. The quantitative estimate of drug-likeness (QED) is 0.685. The van der Waals surface area contributed by atoms with Crippen LogP contribution >= 0.6 is 0 Å². The van der Waals surface area contributed by atoms with E-state index in [0.29, 0.717) is 0 Å². The largest absolute Gasteiger partial charge is 0.487 e. The minimum Gasteiger partial charge on any atom is -0.487 e. The summed E-state index contributed by atoms with van der Waals surface area (Å²) in [4.78, 5) is 37.9. The molecule has 1 N–H and O–H groups in total. The molecule has 0 saturated carbocycles. The zero-order valence-corrected chi connectivity index (χ0v) is 16.0. The smallest absolute Gasteiger partial charge is 0.289 e. The molecule has 0 bridgehead atoms. The third-order valence-electron chi connectivity index (χ3n) is 4.52. The van der Waals surface area contributed by atoms with Crippen molar-refractivity contribution < 1.29 is 27.5 Å². The molecule has 31 heavy (non-hydrogen) atoms. The number of hydrogen-bond donors (Lipinski definition) is 1. The van der Waals surface area contributed by atoms with Gasteiger partial charge >= 0.3 is 0 Å². The molecule has 158 valence electrons. The van der Waals surface area contributed by atoms with E-state index in [0.717, 1.165) is 35.5 Å². The highest BCUT2D eigenvalue weighted by Gasteiger charge is 2.32. The van der Waals surface area contributed by atoms with E-state index < -0.39 is 41.1 Å².